The standard InChI is InChI=1S/C15H32O3Si2/c1-14(19(2,3)4)13(18-14)11-15(20(5,6)7)12(16)9-8-10-17-15/h12-13,16H,8-11H2,1-7H3/t12-,13-,14-,15-/m1/s1. The van der Waals surface area contributed by atoms with Crippen molar-refractivity contribution in [1.29, 1.82) is 0 Å². The molecule has 0 aliphatic carbocycles. The molecule has 1 N–H and O–H groups in total. The third-order valence-electron chi connectivity index (χ3n) is 5.71. The van der Waals surface area contributed by atoms with Crippen molar-refractivity contribution in [1.82, 2.24) is 0 Å². The fourth-order valence-corrected chi connectivity index (χ4v) is 7.55. The Labute approximate surface area is 126 Å². The first-order chi connectivity index (χ1) is 8.94. The Kier molecular flexibility index (Phi) is 4.10. The summed E-state index contributed by atoms with van der Waals surface area (Å²) in [6.45, 7) is 17.1. The monoisotopic (exact) mass is 316 g/mol. The summed E-state index contributed by atoms with van der Waals surface area (Å²) >= 11 is 0. The number of aliphatic hydroxyl groups excluding tert-OH is 1. The highest BCUT2D eigenvalue weighted by molar-refractivity contribution is 6.80. The Morgan fingerprint density at radius 1 is 1.10 bits per heavy atom. The van der Waals surface area contributed by atoms with E-state index < -0.39 is 16.1 Å². The number of hydrogen-bond acceptors (Lipinski definition) is 3. The van der Waals surface area contributed by atoms with Crippen LogP contribution in [0.25, 0.3) is 0 Å². The normalized spacial score (nSPS) is 42.6. The minimum atomic E-state index is -1.65. The number of aliphatic hydroxyl groups is 1. The van der Waals surface area contributed by atoms with Gasteiger partial charge in [-0.3, -0.25) is 0 Å². The summed E-state index contributed by atoms with van der Waals surface area (Å²) in [6.07, 6.45) is 2.68. The summed E-state index contributed by atoms with van der Waals surface area (Å²) in [6, 6.07) is 0. The topological polar surface area (TPSA) is 42.0 Å². The van der Waals surface area contributed by atoms with Crippen LogP contribution in [0.5, 0.6) is 0 Å². The SMILES string of the molecule is C[C@]1([Si](C)(C)C)O[C@@H]1C[C@]1([Si](C)(C)C)OCCC[C@H]1O. The van der Waals surface area contributed by atoms with Gasteiger partial charge in [-0.25, -0.2) is 0 Å². The molecule has 2 fully saturated rings. The summed E-state index contributed by atoms with van der Waals surface area (Å²) < 4.78 is 12.4. The van der Waals surface area contributed by atoms with Crippen LogP contribution in [0.2, 0.25) is 39.3 Å². The maximum Gasteiger partial charge on any atom is 0.0861 e. The molecule has 0 aromatic rings. The predicted molar refractivity (Wildman–Crippen MR) is 88.5 cm³/mol. The molecule has 20 heavy (non-hydrogen) atoms. The summed E-state index contributed by atoms with van der Waals surface area (Å²) in [5.74, 6) is 0. The Balaban J connectivity index is 2.20. The third-order valence-corrected chi connectivity index (χ3v) is 12.4. The van der Waals surface area contributed by atoms with Crippen LogP contribution in [-0.2, 0) is 9.47 Å². The second-order valence-corrected chi connectivity index (χ2v) is 19.7. The van der Waals surface area contributed by atoms with Gasteiger partial charge in [0.2, 0.25) is 0 Å². The van der Waals surface area contributed by atoms with Crippen LogP contribution < -0.4 is 0 Å². The molecular formula is C15H32O3Si2. The lowest BCUT2D eigenvalue weighted by Crippen LogP contribution is -2.64. The van der Waals surface area contributed by atoms with Crippen LogP contribution in [0.3, 0.4) is 0 Å². The van der Waals surface area contributed by atoms with E-state index in [1.165, 1.54) is 0 Å². The van der Waals surface area contributed by atoms with Crippen LogP contribution in [0.15, 0.2) is 0 Å². The van der Waals surface area contributed by atoms with Crippen molar-refractivity contribution in [2.24, 2.45) is 0 Å². The van der Waals surface area contributed by atoms with Crippen LogP contribution in [0.4, 0.5) is 0 Å². The van der Waals surface area contributed by atoms with E-state index in [-0.39, 0.29) is 22.7 Å². The van der Waals surface area contributed by atoms with E-state index >= 15 is 0 Å². The average Bonchev–Trinajstić information content (AvgIpc) is 2.92. The molecule has 2 rings (SSSR count). The third kappa shape index (κ3) is 2.56. The molecule has 2 aliphatic rings. The van der Waals surface area contributed by atoms with E-state index in [0.717, 1.165) is 25.9 Å². The van der Waals surface area contributed by atoms with E-state index in [1.54, 1.807) is 0 Å². The van der Waals surface area contributed by atoms with Gasteiger partial charge in [0.25, 0.3) is 0 Å². The zero-order chi connectivity index (χ0) is 15.4. The van der Waals surface area contributed by atoms with Gasteiger partial charge in [0.15, 0.2) is 0 Å². The molecule has 0 radical (unpaired) electrons. The van der Waals surface area contributed by atoms with Crippen molar-refractivity contribution in [3.8, 4) is 0 Å². The Morgan fingerprint density at radius 3 is 2.10 bits per heavy atom. The first-order valence-electron chi connectivity index (χ1n) is 7.94. The number of epoxide rings is 1. The van der Waals surface area contributed by atoms with Gasteiger partial charge in [0.05, 0.1) is 38.8 Å². The van der Waals surface area contributed by atoms with Crippen molar-refractivity contribution in [2.75, 3.05) is 6.61 Å². The van der Waals surface area contributed by atoms with Crippen molar-refractivity contribution in [3.05, 3.63) is 0 Å². The minimum Gasteiger partial charge on any atom is -0.390 e. The molecule has 0 bridgehead atoms. The van der Waals surface area contributed by atoms with E-state index in [4.69, 9.17) is 9.47 Å². The zero-order valence-electron chi connectivity index (χ0n) is 14.2. The zero-order valence-corrected chi connectivity index (χ0v) is 16.2. The fraction of sp³-hybridized carbons (Fsp3) is 1.00. The smallest absolute Gasteiger partial charge is 0.0861 e. The Bertz CT molecular complexity index is 374. The van der Waals surface area contributed by atoms with E-state index in [0.29, 0.717) is 0 Å². The van der Waals surface area contributed by atoms with Crippen molar-refractivity contribution < 1.29 is 14.6 Å². The van der Waals surface area contributed by atoms with Gasteiger partial charge < -0.3 is 14.6 Å². The molecular weight excluding hydrogens is 284 g/mol. The first kappa shape index (κ1) is 16.7. The van der Waals surface area contributed by atoms with Crippen molar-refractivity contribution >= 4 is 16.1 Å². The summed E-state index contributed by atoms with van der Waals surface area (Å²) in [7, 11) is -3.00. The van der Waals surface area contributed by atoms with Crippen LogP contribution in [0, 0.1) is 0 Å². The Morgan fingerprint density at radius 2 is 1.70 bits per heavy atom. The van der Waals surface area contributed by atoms with E-state index in [2.05, 4.69) is 46.2 Å². The van der Waals surface area contributed by atoms with Crippen LogP contribution >= 0.6 is 0 Å². The summed E-state index contributed by atoms with van der Waals surface area (Å²) in [5.41, 5.74) is 0. The van der Waals surface area contributed by atoms with Gasteiger partial charge in [-0.2, -0.15) is 0 Å². The first-order valence-corrected chi connectivity index (χ1v) is 14.9. The lowest BCUT2D eigenvalue weighted by atomic mass is 9.99. The van der Waals surface area contributed by atoms with Gasteiger partial charge in [-0.15, -0.1) is 0 Å². The number of rotatable bonds is 4. The number of ether oxygens (including phenoxy) is 2. The maximum absolute atomic E-state index is 10.7. The van der Waals surface area contributed by atoms with Gasteiger partial charge in [-0.05, 0) is 19.8 Å². The second kappa shape index (κ2) is 4.91. The highest BCUT2D eigenvalue weighted by Gasteiger charge is 2.65. The molecule has 2 saturated heterocycles. The van der Waals surface area contributed by atoms with Gasteiger partial charge in [0.1, 0.15) is 0 Å². The van der Waals surface area contributed by atoms with Gasteiger partial charge in [0, 0.05) is 13.0 Å². The maximum atomic E-state index is 10.7. The minimum absolute atomic E-state index is 0.0557. The quantitative estimate of drug-likeness (QED) is 0.640. The van der Waals surface area contributed by atoms with Gasteiger partial charge in [-0.1, -0.05) is 39.3 Å². The lowest BCUT2D eigenvalue weighted by Gasteiger charge is -2.49. The fourth-order valence-electron chi connectivity index (χ4n) is 3.51. The van der Waals surface area contributed by atoms with Crippen LogP contribution in [-0.4, -0.2) is 50.5 Å². The molecule has 2 aliphatic heterocycles. The molecule has 0 aromatic carbocycles. The molecule has 118 valence electrons. The van der Waals surface area contributed by atoms with E-state index in [1.807, 2.05) is 0 Å². The van der Waals surface area contributed by atoms with Crippen molar-refractivity contribution in [2.45, 2.75) is 88.1 Å². The van der Waals surface area contributed by atoms with Crippen molar-refractivity contribution in [3.63, 3.8) is 0 Å². The summed E-state index contributed by atoms with van der Waals surface area (Å²) in [4.78, 5) is 0. The molecule has 0 aromatic heterocycles. The molecule has 0 amide bonds. The molecule has 0 spiro atoms. The molecule has 0 saturated carbocycles. The molecule has 2 heterocycles. The molecule has 5 heteroatoms. The molecule has 4 atom stereocenters. The van der Waals surface area contributed by atoms with Crippen LogP contribution in [0.1, 0.15) is 26.2 Å². The number of hydrogen-bond donors (Lipinski definition) is 1. The highest BCUT2D eigenvalue weighted by Crippen LogP contribution is 2.51. The highest BCUT2D eigenvalue weighted by atomic mass is 28.3. The van der Waals surface area contributed by atoms with Gasteiger partial charge >= 0.3 is 0 Å². The lowest BCUT2D eigenvalue weighted by molar-refractivity contribution is -0.116. The largest absolute Gasteiger partial charge is 0.390 e. The Hall–Kier alpha value is 0.314. The average molecular weight is 317 g/mol. The van der Waals surface area contributed by atoms with E-state index in [9.17, 15) is 5.11 Å². The predicted octanol–water partition coefficient (Wildman–Crippen LogP) is 3.20. The molecule has 3 nitrogen and oxygen atoms in total. The summed E-state index contributed by atoms with van der Waals surface area (Å²) in [5, 5.41) is 10.4. The molecule has 0 unspecified atom stereocenters. The second-order valence-electron chi connectivity index (χ2n) is 8.81.